The molecule has 0 aliphatic carbocycles. The normalized spacial score (nSPS) is 11.8. The topological polar surface area (TPSA) is 74.8 Å². The number of unbranched alkanes of at least 4 members (excludes halogenated alkanes) is 1. The lowest BCUT2D eigenvalue weighted by Gasteiger charge is -2.14. The van der Waals surface area contributed by atoms with Gasteiger partial charge in [0.2, 0.25) is 0 Å². The summed E-state index contributed by atoms with van der Waals surface area (Å²) in [6, 6.07) is 7.87. The van der Waals surface area contributed by atoms with Gasteiger partial charge in [-0.25, -0.2) is 4.79 Å². The maximum absolute atomic E-state index is 11.8. The highest BCUT2D eigenvalue weighted by Gasteiger charge is 2.15. The van der Waals surface area contributed by atoms with Crippen LogP contribution in [0.25, 0.3) is 0 Å². The first-order chi connectivity index (χ1) is 10.6. The van der Waals surface area contributed by atoms with Gasteiger partial charge in [0.25, 0.3) is 5.91 Å². The molecule has 0 aliphatic rings. The molecule has 5 nitrogen and oxygen atoms in total. The summed E-state index contributed by atoms with van der Waals surface area (Å²) in [5.74, 6) is -0.274. The molecule has 0 saturated heterocycles. The Labute approximate surface area is 140 Å². The minimum Gasteiger partial charge on any atom is -0.338 e. The van der Waals surface area contributed by atoms with E-state index in [1.807, 2.05) is 36.5 Å². The van der Waals surface area contributed by atoms with Crippen LogP contribution in [-0.2, 0) is 4.79 Å². The molecule has 22 heavy (non-hydrogen) atoms. The number of carbonyl (C=O) groups excluding carboxylic acids is 2. The summed E-state index contributed by atoms with van der Waals surface area (Å²) in [7, 11) is 0. The molecule has 1 atom stereocenters. The fraction of sp³-hybridized carbons (Fsp3) is 0.500. The average Bonchev–Trinajstić information content (AvgIpc) is 2.49. The van der Waals surface area contributed by atoms with Gasteiger partial charge < -0.3 is 10.6 Å². The van der Waals surface area contributed by atoms with Gasteiger partial charge in [-0.1, -0.05) is 48.3 Å². The predicted molar refractivity (Wildman–Crippen MR) is 90.4 cm³/mol. The first-order valence-electron chi connectivity index (χ1n) is 7.73. The first-order valence-corrected chi connectivity index (χ1v) is 8.52. The van der Waals surface area contributed by atoms with Crippen LogP contribution in [0.2, 0.25) is 0 Å². The summed E-state index contributed by atoms with van der Waals surface area (Å²) in [4.78, 5) is 23.3. The molecular formula is C16H25BrN3O2+. The molecule has 4 N–H and O–H groups in total. The van der Waals surface area contributed by atoms with Crippen molar-refractivity contribution in [2.24, 2.45) is 0 Å². The Morgan fingerprint density at radius 1 is 1.23 bits per heavy atom. The van der Waals surface area contributed by atoms with Gasteiger partial charge in [0, 0.05) is 23.0 Å². The first kappa shape index (κ1) is 18.6. The van der Waals surface area contributed by atoms with E-state index in [4.69, 9.17) is 0 Å². The SMILES string of the molecule is CCCCNC(=O)NC(=O)C[NH2+][C@H](CC)c1ccc(Br)cc1. The Kier molecular flexibility index (Phi) is 8.77. The highest BCUT2D eigenvalue weighted by molar-refractivity contribution is 9.10. The largest absolute Gasteiger partial charge is 0.338 e. The van der Waals surface area contributed by atoms with Gasteiger partial charge >= 0.3 is 6.03 Å². The highest BCUT2D eigenvalue weighted by atomic mass is 79.9. The number of halogens is 1. The van der Waals surface area contributed by atoms with Gasteiger partial charge in [0.1, 0.15) is 6.04 Å². The number of hydrogen-bond acceptors (Lipinski definition) is 2. The number of quaternary nitrogens is 1. The van der Waals surface area contributed by atoms with E-state index in [1.54, 1.807) is 0 Å². The second-order valence-electron chi connectivity index (χ2n) is 5.16. The third kappa shape index (κ3) is 7.04. The Morgan fingerprint density at radius 2 is 1.91 bits per heavy atom. The Hall–Kier alpha value is -1.40. The molecule has 0 fully saturated rings. The number of nitrogens with two attached hydrogens (primary N) is 1. The number of benzene rings is 1. The van der Waals surface area contributed by atoms with Crippen LogP contribution >= 0.6 is 15.9 Å². The van der Waals surface area contributed by atoms with Gasteiger partial charge in [-0.15, -0.1) is 0 Å². The zero-order valence-electron chi connectivity index (χ0n) is 13.2. The maximum Gasteiger partial charge on any atom is 0.321 e. The minimum absolute atomic E-state index is 0.210. The molecule has 0 bridgehead atoms. The molecule has 0 unspecified atom stereocenters. The Bertz CT molecular complexity index is 477. The van der Waals surface area contributed by atoms with E-state index in [9.17, 15) is 9.59 Å². The van der Waals surface area contributed by atoms with E-state index < -0.39 is 6.03 Å². The second kappa shape index (κ2) is 10.3. The molecule has 3 amide bonds. The van der Waals surface area contributed by atoms with Gasteiger partial charge in [0.15, 0.2) is 6.54 Å². The summed E-state index contributed by atoms with van der Waals surface area (Å²) in [6.07, 6.45) is 2.83. The molecule has 0 saturated carbocycles. The number of hydrogen-bond donors (Lipinski definition) is 3. The highest BCUT2D eigenvalue weighted by Crippen LogP contribution is 2.16. The summed E-state index contributed by atoms with van der Waals surface area (Å²) < 4.78 is 1.03. The molecule has 1 rings (SSSR count). The van der Waals surface area contributed by atoms with Crippen molar-refractivity contribution in [2.45, 2.75) is 39.2 Å². The van der Waals surface area contributed by atoms with Crippen LogP contribution in [-0.4, -0.2) is 25.0 Å². The summed E-state index contributed by atoms with van der Waals surface area (Å²) in [5, 5.41) is 6.97. The van der Waals surface area contributed by atoms with Crippen molar-refractivity contribution < 1.29 is 14.9 Å². The molecule has 1 aromatic rings. The van der Waals surface area contributed by atoms with Crippen LogP contribution in [0, 0.1) is 0 Å². The van der Waals surface area contributed by atoms with Crippen molar-refractivity contribution in [3.05, 3.63) is 34.3 Å². The molecule has 1 aromatic carbocycles. The van der Waals surface area contributed by atoms with E-state index in [0.717, 1.165) is 23.7 Å². The summed E-state index contributed by atoms with van der Waals surface area (Å²) >= 11 is 3.41. The predicted octanol–water partition coefficient (Wildman–Crippen LogP) is 2.09. The third-order valence-corrected chi connectivity index (χ3v) is 3.92. The molecule has 122 valence electrons. The van der Waals surface area contributed by atoms with Crippen LogP contribution in [0.4, 0.5) is 4.79 Å². The van der Waals surface area contributed by atoms with E-state index in [0.29, 0.717) is 6.54 Å². The van der Waals surface area contributed by atoms with E-state index >= 15 is 0 Å². The van der Waals surface area contributed by atoms with Crippen molar-refractivity contribution in [2.75, 3.05) is 13.1 Å². The van der Waals surface area contributed by atoms with E-state index in [1.165, 1.54) is 5.56 Å². The smallest absolute Gasteiger partial charge is 0.321 e. The van der Waals surface area contributed by atoms with Crippen molar-refractivity contribution >= 4 is 27.9 Å². The van der Waals surface area contributed by atoms with Gasteiger partial charge in [-0.05, 0) is 18.6 Å². The zero-order valence-corrected chi connectivity index (χ0v) is 14.8. The molecule has 0 heterocycles. The van der Waals surface area contributed by atoms with Gasteiger partial charge in [-0.3, -0.25) is 10.1 Å². The number of imide groups is 1. The van der Waals surface area contributed by atoms with Crippen molar-refractivity contribution in [1.29, 1.82) is 0 Å². The summed E-state index contributed by atoms with van der Waals surface area (Å²) in [5.41, 5.74) is 1.17. The van der Waals surface area contributed by atoms with Crippen LogP contribution in [0.1, 0.15) is 44.7 Å². The van der Waals surface area contributed by atoms with Crippen LogP contribution in [0.5, 0.6) is 0 Å². The standard InChI is InChI=1S/C16H24BrN3O2/c1-3-5-10-18-16(22)20-15(21)11-19-14(4-2)12-6-8-13(17)9-7-12/h6-9,14,19H,3-5,10-11H2,1-2H3,(H2,18,20,21,22)/p+1/t14-/m1/s1. The Morgan fingerprint density at radius 3 is 2.50 bits per heavy atom. The third-order valence-electron chi connectivity index (χ3n) is 3.39. The van der Waals surface area contributed by atoms with Crippen molar-refractivity contribution in [3.63, 3.8) is 0 Å². The van der Waals surface area contributed by atoms with Crippen LogP contribution in [0.3, 0.4) is 0 Å². The number of amides is 3. The second-order valence-corrected chi connectivity index (χ2v) is 6.08. The lowest BCUT2D eigenvalue weighted by molar-refractivity contribution is -0.686. The number of carbonyl (C=O) groups is 2. The minimum atomic E-state index is -0.413. The maximum atomic E-state index is 11.8. The van der Waals surface area contributed by atoms with Crippen molar-refractivity contribution in [3.8, 4) is 0 Å². The Balaban J connectivity index is 2.37. The molecule has 0 aromatic heterocycles. The van der Waals surface area contributed by atoms with E-state index in [2.05, 4.69) is 33.5 Å². The van der Waals surface area contributed by atoms with E-state index in [-0.39, 0.29) is 18.5 Å². The van der Waals surface area contributed by atoms with Gasteiger partial charge in [0.05, 0.1) is 0 Å². The lowest BCUT2D eigenvalue weighted by atomic mass is 10.0. The average molecular weight is 371 g/mol. The summed E-state index contributed by atoms with van der Waals surface area (Å²) in [6.45, 7) is 4.96. The molecule has 6 heteroatoms. The number of nitrogens with one attached hydrogen (secondary N) is 2. The monoisotopic (exact) mass is 370 g/mol. The van der Waals surface area contributed by atoms with Crippen molar-refractivity contribution in [1.82, 2.24) is 10.6 Å². The molecule has 0 aliphatic heterocycles. The molecule has 0 spiro atoms. The van der Waals surface area contributed by atoms with Gasteiger partial charge in [-0.2, -0.15) is 0 Å². The quantitative estimate of drug-likeness (QED) is 0.612. The zero-order chi connectivity index (χ0) is 16.4. The number of rotatable bonds is 8. The van der Waals surface area contributed by atoms with Crippen LogP contribution in [0.15, 0.2) is 28.7 Å². The van der Waals surface area contributed by atoms with Crippen LogP contribution < -0.4 is 16.0 Å². The lowest BCUT2D eigenvalue weighted by Crippen LogP contribution is -2.87. The fourth-order valence-corrected chi connectivity index (χ4v) is 2.36. The fourth-order valence-electron chi connectivity index (χ4n) is 2.10. The molecular weight excluding hydrogens is 346 g/mol. The molecule has 0 radical (unpaired) electrons. The number of urea groups is 1.